The molecule has 0 rings (SSSR count). The van der Waals surface area contributed by atoms with Crippen molar-refractivity contribution >= 4 is 0 Å². The summed E-state index contributed by atoms with van der Waals surface area (Å²) in [5, 5.41) is 0. The average Bonchev–Trinajstić information content (AvgIpc) is 2.13. The smallest absolute Gasteiger partial charge is 0.0123 e. The lowest BCUT2D eigenvalue weighted by Gasteiger charge is -2.08. The Bertz CT molecular complexity index is 161. The van der Waals surface area contributed by atoms with E-state index in [0.717, 1.165) is 6.42 Å². The van der Waals surface area contributed by atoms with Crippen LogP contribution in [0.1, 0.15) is 45.4 Å². The first-order valence-corrected chi connectivity index (χ1v) is 5.32. The molecular weight excluding hydrogens is 156 g/mol. The summed E-state index contributed by atoms with van der Waals surface area (Å²) in [5.41, 5.74) is 2.87. The molecule has 0 bridgehead atoms. The monoisotopic (exact) mass is 178 g/mol. The summed E-state index contributed by atoms with van der Waals surface area (Å²) < 4.78 is 0. The molecular formula is C13H22. The largest absolute Gasteiger partial charge is 0.133 e. The third-order valence-electron chi connectivity index (χ3n) is 2.25. The molecule has 0 saturated heterocycles. The average molecular weight is 178 g/mol. The molecule has 0 heterocycles. The quantitative estimate of drug-likeness (QED) is 0.292. The van der Waals surface area contributed by atoms with Crippen LogP contribution in [-0.4, -0.2) is 0 Å². The standard InChI is InChI=1S/C13H22/c1-4-7-8-9-12-13(10-5-2)11-6-3/h5,11,13H,2-4,7-10,12H2,1H3. The fourth-order valence-corrected chi connectivity index (χ4v) is 1.48. The van der Waals surface area contributed by atoms with Crippen molar-refractivity contribution in [2.75, 3.05) is 0 Å². The minimum Gasteiger partial charge on any atom is -0.133 e. The van der Waals surface area contributed by atoms with Crippen LogP contribution in [0.25, 0.3) is 0 Å². The van der Waals surface area contributed by atoms with E-state index >= 15 is 0 Å². The van der Waals surface area contributed by atoms with E-state index < -0.39 is 0 Å². The fraction of sp³-hybridized carbons (Fsp3) is 0.615. The van der Waals surface area contributed by atoms with Crippen LogP contribution in [0.4, 0.5) is 0 Å². The van der Waals surface area contributed by atoms with Crippen molar-refractivity contribution in [1.29, 1.82) is 0 Å². The lowest BCUT2D eigenvalue weighted by molar-refractivity contribution is 0.535. The molecule has 1 unspecified atom stereocenters. The maximum absolute atomic E-state index is 3.76. The lowest BCUT2D eigenvalue weighted by atomic mass is 9.97. The Kier molecular flexibility index (Phi) is 8.82. The molecule has 0 aromatic heterocycles. The molecule has 0 heteroatoms. The molecule has 0 spiro atoms. The van der Waals surface area contributed by atoms with Gasteiger partial charge in [-0.15, -0.1) is 12.3 Å². The van der Waals surface area contributed by atoms with Crippen LogP contribution in [0.15, 0.2) is 31.0 Å². The van der Waals surface area contributed by atoms with E-state index in [4.69, 9.17) is 0 Å². The molecule has 0 fully saturated rings. The highest BCUT2D eigenvalue weighted by Gasteiger charge is 2.01. The van der Waals surface area contributed by atoms with Crippen molar-refractivity contribution in [2.24, 2.45) is 5.92 Å². The van der Waals surface area contributed by atoms with Crippen molar-refractivity contribution in [3.05, 3.63) is 31.0 Å². The topological polar surface area (TPSA) is 0 Å². The second kappa shape index (κ2) is 9.35. The van der Waals surface area contributed by atoms with E-state index in [-0.39, 0.29) is 0 Å². The summed E-state index contributed by atoms with van der Waals surface area (Å²) in [6.07, 6.45) is 11.7. The summed E-state index contributed by atoms with van der Waals surface area (Å²) in [7, 11) is 0. The Labute approximate surface area is 83.0 Å². The Morgan fingerprint density at radius 3 is 2.62 bits per heavy atom. The van der Waals surface area contributed by atoms with Crippen LogP contribution in [-0.2, 0) is 0 Å². The molecule has 0 aliphatic carbocycles. The fourth-order valence-electron chi connectivity index (χ4n) is 1.48. The van der Waals surface area contributed by atoms with Crippen LogP contribution < -0.4 is 0 Å². The Hall–Kier alpha value is -0.740. The maximum Gasteiger partial charge on any atom is -0.0123 e. The maximum atomic E-state index is 3.76. The Balaban J connectivity index is 3.56. The van der Waals surface area contributed by atoms with Crippen molar-refractivity contribution in [3.8, 4) is 0 Å². The van der Waals surface area contributed by atoms with Crippen LogP contribution >= 0.6 is 0 Å². The molecule has 0 saturated carbocycles. The molecule has 1 atom stereocenters. The van der Waals surface area contributed by atoms with E-state index in [0.29, 0.717) is 5.92 Å². The summed E-state index contributed by atoms with van der Waals surface area (Å²) in [6, 6.07) is 0. The molecule has 0 aromatic rings. The normalized spacial score (nSPS) is 11.8. The predicted molar refractivity (Wildman–Crippen MR) is 60.8 cm³/mol. The molecule has 0 amide bonds. The zero-order valence-corrected chi connectivity index (χ0v) is 8.89. The lowest BCUT2D eigenvalue weighted by Crippen LogP contribution is -1.94. The first kappa shape index (κ1) is 12.3. The zero-order valence-electron chi connectivity index (χ0n) is 8.89. The van der Waals surface area contributed by atoms with E-state index in [9.17, 15) is 0 Å². The molecule has 0 radical (unpaired) electrons. The van der Waals surface area contributed by atoms with Gasteiger partial charge in [0.25, 0.3) is 0 Å². The Morgan fingerprint density at radius 1 is 1.31 bits per heavy atom. The second-order valence-corrected chi connectivity index (χ2v) is 3.50. The van der Waals surface area contributed by atoms with Gasteiger partial charge in [0.2, 0.25) is 0 Å². The number of unbranched alkanes of at least 4 members (excludes halogenated alkanes) is 3. The summed E-state index contributed by atoms with van der Waals surface area (Å²) in [6.45, 7) is 9.61. The Morgan fingerprint density at radius 2 is 2.08 bits per heavy atom. The van der Waals surface area contributed by atoms with Crippen molar-refractivity contribution < 1.29 is 0 Å². The minimum absolute atomic E-state index is 0.617. The third kappa shape index (κ3) is 7.62. The molecule has 0 aliphatic rings. The highest BCUT2D eigenvalue weighted by Crippen LogP contribution is 2.15. The number of allylic oxidation sites excluding steroid dienone is 2. The van der Waals surface area contributed by atoms with Gasteiger partial charge in [-0.05, 0) is 24.8 Å². The number of hydrogen-bond donors (Lipinski definition) is 0. The van der Waals surface area contributed by atoms with Crippen LogP contribution in [0.3, 0.4) is 0 Å². The molecule has 0 aliphatic heterocycles. The highest BCUT2D eigenvalue weighted by atomic mass is 14.1. The van der Waals surface area contributed by atoms with Crippen molar-refractivity contribution in [3.63, 3.8) is 0 Å². The van der Waals surface area contributed by atoms with Gasteiger partial charge in [0.05, 0.1) is 0 Å². The second-order valence-electron chi connectivity index (χ2n) is 3.50. The van der Waals surface area contributed by atoms with E-state index in [1.807, 2.05) is 6.08 Å². The molecule has 0 nitrogen and oxygen atoms in total. The van der Waals surface area contributed by atoms with E-state index in [1.165, 1.54) is 32.1 Å². The van der Waals surface area contributed by atoms with Gasteiger partial charge in [-0.3, -0.25) is 0 Å². The van der Waals surface area contributed by atoms with Gasteiger partial charge in [0.15, 0.2) is 0 Å². The number of hydrogen-bond acceptors (Lipinski definition) is 0. The first-order chi connectivity index (χ1) is 6.35. The van der Waals surface area contributed by atoms with Gasteiger partial charge in [0, 0.05) is 0 Å². The molecule has 74 valence electrons. The summed E-state index contributed by atoms with van der Waals surface area (Å²) in [4.78, 5) is 0. The molecule has 0 aromatic carbocycles. The van der Waals surface area contributed by atoms with Gasteiger partial charge in [-0.25, -0.2) is 0 Å². The van der Waals surface area contributed by atoms with Gasteiger partial charge in [0.1, 0.15) is 0 Å². The summed E-state index contributed by atoms with van der Waals surface area (Å²) >= 11 is 0. The number of rotatable bonds is 8. The summed E-state index contributed by atoms with van der Waals surface area (Å²) in [5.74, 6) is 0.617. The zero-order chi connectivity index (χ0) is 9.94. The van der Waals surface area contributed by atoms with Crippen molar-refractivity contribution in [2.45, 2.75) is 45.4 Å². The van der Waals surface area contributed by atoms with Gasteiger partial charge in [-0.1, -0.05) is 45.3 Å². The van der Waals surface area contributed by atoms with Gasteiger partial charge in [-0.2, -0.15) is 0 Å². The van der Waals surface area contributed by atoms with Crippen LogP contribution in [0, 0.1) is 5.92 Å². The first-order valence-electron chi connectivity index (χ1n) is 5.32. The van der Waals surface area contributed by atoms with E-state index in [2.05, 4.69) is 31.9 Å². The van der Waals surface area contributed by atoms with Gasteiger partial charge < -0.3 is 0 Å². The van der Waals surface area contributed by atoms with Gasteiger partial charge >= 0.3 is 0 Å². The van der Waals surface area contributed by atoms with Crippen molar-refractivity contribution in [1.82, 2.24) is 0 Å². The highest BCUT2D eigenvalue weighted by molar-refractivity contribution is 4.88. The predicted octanol–water partition coefficient (Wildman–Crippen LogP) is 4.49. The van der Waals surface area contributed by atoms with Crippen LogP contribution in [0.5, 0.6) is 0 Å². The third-order valence-corrected chi connectivity index (χ3v) is 2.25. The van der Waals surface area contributed by atoms with E-state index in [1.54, 1.807) is 0 Å². The molecule has 13 heavy (non-hydrogen) atoms. The molecule has 0 N–H and O–H groups in total. The van der Waals surface area contributed by atoms with Crippen LogP contribution in [0.2, 0.25) is 0 Å². The SMILES string of the molecule is C=C=CC(CC=C)CCCCCC. The minimum atomic E-state index is 0.617.